The van der Waals surface area contributed by atoms with Crippen molar-refractivity contribution in [1.29, 1.82) is 0 Å². The molecule has 1 unspecified atom stereocenters. The van der Waals surface area contributed by atoms with E-state index in [2.05, 4.69) is 46.6 Å². The van der Waals surface area contributed by atoms with Crippen molar-refractivity contribution in [3.63, 3.8) is 0 Å². The molecule has 6 nitrogen and oxygen atoms in total. The van der Waals surface area contributed by atoms with Gasteiger partial charge in [-0.05, 0) is 38.0 Å². The van der Waals surface area contributed by atoms with Crippen molar-refractivity contribution in [3.05, 3.63) is 77.7 Å². The van der Waals surface area contributed by atoms with Crippen LogP contribution in [0.4, 0.5) is 0 Å². The third kappa shape index (κ3) is 7.99. The summed E-state index contributed by atoms with van der Waals surface area (Å²) < 4.78 is 11.5. The van der Waals surface area contributed by atoms with Crippen LogP contribution in [-0.2, 0) is 11.3 Å². The lowest BCUT2D eigenvalue weighted by molar-refractivity contribution is 0.0646. The highest BCUT2D eigenvalue weighted by molar-refractivity contribution is 14.0. The number of aromatic nitrogens is 1. The largest absolute Gasteiger partial charge is 0.444 e. The van der Waals surface area contributed by atoms with Crippen molar-refractivity contribution in [2.75, 3.05) is 20.2 Å². The first-order chi connectivity index (χ1) is 14.7. The molecule has 2 N–H and O–H groups in total. The molecule has 0 aliphatic rings. The Hall–Kier alpha value is -2.39. The number of nitrogens with zero attached hydrogens (tertiary/aromatic N) is 2. The van der Waals surface area contributed by atoms with Gasteiger partial charge in [-0.15, -0.1) is 24.0 Å². The number of hydrogen-bond acceptors (Lipinski definition) is 4. The Morgan fingerprint density at radius 3 is 2.55 bits per heavy atom. The third-order valence-corrected chi connectivity index (χ3v) is 4.76. The first-order valence-corrected chi connectivity index (χ1v) is 10.3. The number of benzene rings is 2. The second kappa shape index (κ2) is 13.1. The maximum atomic E-state index is 5.90. The van der Waals surface area contributed by atoms with E-state index in [0.717, 1.165) is 30.2 Å². The van der Waals surface area contributed by atoms with E-state index in [1.807, 2.05) is 42.5 Å². The lowest BCUT2D eigenvalue weighted by Crippen LogP contribution is -2.37. The fraction of sp³-hybridized carbons (Fsp3) is 0.333. The number of halogens is 1. The van der Waals surface area contributed by atoms with Crippen LogP contribution in [0.1, 0.15) is 36.3 Å². The van der Waals surface area contributed by atoms with Gasteiger partial charge in [0.15, 0.2) is 5.96 Å². The Bertz CT molecular complexity index is 926. The molecule has 0 aliphatic heterocycles. The average molecular weight is 534 g/mol. The van der Waals surface area contributed by atoms with Gasteiger partial charge in [-0.25, -0.2) is 4.98 Å². The molecule has 3 aromatic rings. The zero-order valence-electron chi connectivity index (χ0n) is 18.3. The van der Waals surface area contributed by atoms with Crippen LogP contribution in [0.2, 0.25) is 0 Å². The Balaban J connectivity index is 0.00000341. The maximum Gasteiger partial charge on any atom is 0.226 e. The molecule has 166 valence electrons. The molecule has 7 heteroatoms. The molecule has 0 fully saturated rings. The van der Waals surface area contributed by atoms with Crippen LogP contribution >= 0.6 is 24.0 Å². The number of nitrogens with one attached hydrogen (secondary N) is 2. The van der Waals surface area contributed by atoms with Crippen molar-refractivity contribution in [2.45, 2.75) is 32.9 Å². The van der Waals surface area contributed by atoms with E-state index in [9.17, 15) is 0 Å². The molecule has 2 aromatic carbocycles. The smallest absolute Gasteiger partial charge is 0.226 e. The highest BCUT2D eigenvalue weighted by Crippen LogP contribution is 2.19. The summed E-state index contributed by atoms with van der Waals surface area (Å²) in [6.45, 7) is 6.13. The van der Waals surface area contributed by atoms with Gasteiger partial charge >= 0.3 is 0 Å². The topological polar surface area (TPSA) is 71.7 Å². The quantitative estimate of drug-likeness (QED) is 0.173. The number of hydrogen-bond donors (Lipinski definition) is 2. The first kappa shape index (κ1) is 24.9. The van der Waals surface area contributed by atoms with Crippen LogP contribution in [0.25, 0.3) is 11.5 Å². The molecule has 0 spiro atoms. The summed E-state index contributed by atoms with van der Waals surface area (Å²) in [4.78, 5) is 8.80. The number of ether oxygens (including phenoxy) is 1. The zero-order valence-corrected chi connectivity index (χ0v) is 20.6. The van der Waals surface area contributed by atoms with Gasteiger partial charge < -0.3 is 19.8 Å². The van der Waals surface area contributed by atoms with Gasteiger partial charge in [-0.3, -0.25) is 4.99 Å². The minimum Gasteiger partial charge on any atom is -0.444 e. The highest BCUT2D eigenvalue weighted by Gasteiger charge is 2.08. The lowest BCUT2D eigenvalue weighted by atomic mass is 10.1. The molecular formula is C24H31IN4O2. The molecule has 1 atom stereocenters. The van der Waals surface area contributed by atoms with Crippen molar-refractivity contribution in [3.8, 4) is 11.5 Å². The van der Waals surface area contributed by atoms with E-state index >= 15 is 0 Å². The second-order valence-corrected chi connectivity index (χ2v) is 7.14. The summed E-state index contributed by atoms with van der Waals surface area (Å²) in [6.07, 6.45) is 2.66. The van der Waals surface area contributed by atoms with Gasteiger partial charge in [-0.1, -0.05) is 48.0 Å². The van der Waals surface area contributed by atoms with Crippen molar-refractivity contribution in [1.82, 2.24) is 15.6 Å². The summed E-state index contributed by atoms with van der Waals surface area (Å²) in [5.74, 6) is 1.35. The average Bonchev–Trinajstić information content (AvgIpc) is 3.25. The summed E-state index contributed by atoms with van der Waals surface area (Å²) in [5.41, 5.74) is 4.20. The number of guanidine groups is 1. The second-order valence-electron chi connectivity index (χ2n) is 7.14. The SMILES string of the molecule is CN=C(NCCCOC(C)c1ccccc1)NCc1coc(-c2ccc(C)cc2)n1.I. The molecule has 0 bridgehead atoms. The molecule has 0 saturated heterocycles. The fourth-order valence-corrected chi connectivity index (χ4v) is 2.97. The number of aliphatic imine (C=N–C) groups is 1. The predicted molar refractivity (Wildman–Crippen MR) is 136 cm³/mol. The Labute approximate surface area is 201 Å². The van der Waals surface area contributed by atoms with E-state index in [4.69, 9.17) is 9.15 Å². The molecule has 0 radical (unpaired) electrons. The van der Waals surface area contributed by atoms with Gasteiger partial charge in [0.05, 0.1) is 18.3 Å². The van der Waals surface area contributed by atoms with Gasteiger partial charge in [0.2, 0.25) is 5.89 Å². The minimum absolute atomic E-state index is 0. The molecule has 1 heterocycles. The van der Waals surface area contributed by atoms with Crippen LogP contribution in [0.5, 0.6) is 0 Å². The van der Waals surface area contributed by atoms with Gasteiger partial charge in [0.25, 0.3) is 0 Å². The van der Waals surface area contributed by atoms with Crippen LogP contribution < -0.4 is 10.6 Å². The summed E-state index contributed by atoms with van der Waals surface area (Å²) in [7, 11) is 1.75. The van der Waals surface area contributed by atoms with Gasteiger partial charge in [-0.2, -0.15) is 0 Å². The summed E-state index contributed by atoms with van der Waals surface area (Å²) in [5, 5.41) is 6.56. The normalized spacial score (nSPS) is 12.2. The molecule has 0 amide bonds. The Morgan fingerprint density at radius 2 is 1.84 bits per heavy atom. The van der Waals surface area contributed by atoms with E-state index < -0.39 is 0 Å². The van der Waals surface area contributed by atoms with Crippen LogP contribution in [-0.4, -0.2) is 31.1 Å². The number of oxazole rings is 1. The van der Waals surface area contributed by atoms with E-state index in [1.54, 1.807) is 13.3 Å². The fourth-order valence-electron chi connectivity index (χ4n) is 2.97. The lowest BCUT2D eigenvalue weighted by Gasteiger charge is -2.14. The Morgan fingerprint density at radius 1 is 1.10 bits per heavy atom. The van der Waals surface area contributed by atoms with Crippen molar-refractivity contribution < 1.29 is 9.15 Å². The summed E-state index contributed by atoms with van der Waals surface area (Å²) >= 11 is 0. The monoisotopic (exact) mass is 534 g/mol. The van der Waals surface area contributed by atoms with Crippen LogP contribution in [0.15, 0.2) is 70.3 Å². The highest BCUT2D eigenvalue weighted by atomic mass is 127. The van der Waals surface area contributed by atoms with Gasteiger partial charge in [0, 0.05) is 25.8 Å². The maximum absolute atomic E-state index is 5.90. The molecule has 3 rings (SSSR count). The van der Waals surface area contributed by atoms with E-state index in [1.165, 1.54) is 11.1 Å². The van der Waals surface area contributed by atoms with E-state index in [0.29, 0.717) is 19.0 Å². The Kier molecular flexibility index (Phi) is 10.5. The third-order valence-electron chi connectivity index (χ3n) is 4.76. The van der Waals surface area contributed by atoms with E-state index in [-0.39, 0.29) is 30.1 Å². The number of aryl methyl sites for hydroxylation is 1. The first-order valence-electron chi connectivity index (χ1n) is 10.3. The zero-order chi connectivity index (χ0) is 21.2. The van der Waals surface area contributed by atoms with Crippen molar-refractivity contribution in [2.24, 2.45) is 4.99 Å². The number of rotatable bonds is 9. The standard InChI is InChI=1S/C24H30N4O2.HI/c1-18-10-12-21(13-11-18)23-28-22(17-30-23)16-27-24(25-3)26-14-7-15-29-19(2)20-8-5-4-6-9-20;/h4-6,8-13,17,19H,7,14-16H2,1-3H3,(H2,25,26,27);1H. The van der Waals surface area contributed by atoms with Crippen LogP contribution in [0, 0.1) is 6.92 Å². The molecule has 0 saturated carbocycles. The molecular weight excluding hydrogens is 503 g/mol. The van der Waals surface area contributed by atoms with Crippen molar-refractivity contribution >= 4 is 29.9 Å². The van der Waals surface area contributed by atoms with Crippen LogP contribution in [0.3, 0.4) is 0 Å². The molecule has 0 aliphatic carbocycles. The van der Waals surface area contributed by atoms with Gasteiger partial charge in [0.1, 0.15) is 6.26 Å². The predicted octanol–water partition coefficient (Wildman–Crippen LogP) is 5.10. The minimum atomic E-state index is 0. The summed E-state index contributed by atoms with van der Waals surface area (Å²) in [6, 6.07) is 18.4. The molecule has 1 aromatic heterocycles. The molecule has 31 heavy (non-hydrogen) atoms.